The van der Waals surface area contributed by atoms with Crippen molar-refractivity contribution in [2.75, 3.05) is 25.7 Å². The summed E-state index contributed by atoms with van der Waals surface area (Å²) in [5, 5.41) is 1.81. The fourth-order valence-electron chi connectivity index (χ4n) is 4.33. The molecule has 2 N–H and O–H groups in total. The molecular formula is C19H24FN2O4S+. The van der Waals surface area contributed by atoms with E-state index < -0.39 is 29.4 Å². The first kappa shape index (κ1) is 19.8. The molecule has 2 heterocycles. The van der Waals surface area contributed by atoms with Crippen LogP contribution in [-0.2, 0) is 19.1 Å². The van der Waals surface area contributed by atoms with Gasteiger partial charge in [0.2, 0.25) is 17.4 Å². The number of benzene rings is 1. The van der Waals surface area contributed by atoms with Gasteiger partial charge in [-0.1, -0.05) is 12.1 Å². The Kier molecular flexibility index (Phi) is 5.58. The smallest absolute Gasteiger partial charge is 0.368 e. The summed E-state index contributed by atoms with van der Waals surface area (Å²) < 4.78 is 18.7. The first-order valence-corrected chi connectivity index (χ1v) is 10.4. The maximum atomic E-state index is 13.4. The van der Waals surface area contributed by atoms with E-state index in [2.05, 4.69) is 0 Å². The monoisotopic (exact) mass is 395 g/mol. The van der Waals surface area contributed by atoms with E-state index in [4.69, 9.17) is 4.74 Å². The minimum atomic E-state index is -1.15. The van der Waals surface area contributed by atoms with Gasteiger partial charge in [-0.05, 0) is 31.1 Å². The minimum absolute atomic E-state index is 0.199. The number of ether oxygens (including phenoxy) is 1. The second-order valence-corrected chi connectivity index (χ2v) is 7.97. The predicted molar refractivity (Wildman–Crippen MR) is 98.2 cm³/mol. The molecule has 2 fully saturated rings. The summed E-state index contributed by atoms with van der Waals surface area (Å²) in [6.45, 7) is 1.92. The van der Waals surface area contributed by atoms with Crippen molar-refractivity contribution in [3.05, 3.63) is 35.6 Å². The highest BCUT2D eigenvalue weighted by Crippen LogP contribution is 2.45. The Morgan fingerprint density at radius 2 is 1.96 bits per heavy atom. The fraction of sp³-hybridized carbons (Fsp3) is 0.526. The van der Waals surface area contributed by atoms with Gasteiger partial charge in [-0.15, -0.1) is 0 Å². The van der Waals surface area contributed by atoms with E-state index in [1.165, 1.54) is 19.2 Å². The average molecular weight is 395 g/mol. The van der Waals surface area contributed by atoms with Crippen LogP contribution >= 0.6 is 11.8 Å². The van der Waals surface area contributed by atoms with Crippen LogP contribution in [0.15, 0.2) is 24.3 Å². The molecule has 0 radical (unpaired) electrons. The summed E-state index contributed by atoms with van der Waals surface area (Å²) in [4.78, 5) is 39.9. The lowest BCUT2D eigenvalue weighted by Gasteiger charge is -2.29. The molecule has 1 aromatic carbocycles. The first-order valence-electron chi connectivity index (χ1n) is 8.96. The Morgan fingerprint density at radius 3 is 2.56 bits per heavy atom. The third-order valence-corrected chi connectivity index (χ3v) is 6.23. The maximum Gasteiger partial charge on any atom is 0.368 e. The van der Waals surface area contributed by atoms with Crippen molar-refractivity contribution in [2.45, 2.75) is 24.9 Å². The maximum absolute atomic E-state index is 13.4. The molecule has 27 heavy (non-hydrogen) atoms. The number of rotatable bonds is 6. The van der Waals surface area contributed by atoms with Gasteiger partial charge >= 0.3 is 5.97 Å². The number of quaternary nitrogens is 1. The summed E-state index contributed by atoms with van der Waals surface area (Å²) >= 11 is 1.57. The van der Waals surface area contributed by atoms with E-state index in [-0.39, 0.29) is 24.2 Å². The van der Waals surface area contributed by atoms with E-state index in [9.17, 15) is 18.8 Å². The van der Waals surface area contributed by atoms with Gasteiger partial charge in [0, 0.05) is 19.0 Å². The number of thioether (sulfide) groups is 1. The zero-order valence-electron chi connectivity index (χ0n) is 15.6. The number of hydrogen-bond donors (Lipinski definition) is 1. The summed E-state index contributed by atoms with van der Waals surface area (Å²) in [6.07, 6.45) is 2.34. The van der Waals surface area contributed by atoms with Crippen LogP contribution in [0.5, 0.6) is 0 Å². The van der Waals surface area contributed by atoms with E-state index in [1.807, 2.05) is 11.6 Å². The Balaban J connectivity index is 2.10. The number of carbonyl (C=O) groups is 3. The third kappa shape index (κ3) is 3.14. The molecule has 6 nitrogen and oxygen atoms in total. The largest absolute Gasteiger partial charge is 0.461 e. The fourth-order valence-corrected chi connectivity index (χ4v) is 4.87. The summed E-state index contributed by atoms with van der Waals surface area (Å²) in [5.41, 5.74) is -0.432. The van der Waals surface area contributed by atoms with Crippen molar-refractivity contribution >= 4 is 29.5 Å². The lowest BCUT2D eigenvalue weighted by molar-refractivity contribution is -0.734. The van der Waals surface area contributed by atoms with Gasteiger partial charge in [0.25, 0.3) is 0 Å². The molecular weight excluding hydrogens is 371 g/mol. The van der Waals surface area contributed by atoms with Gasteiger partial charge < -0.3 is 10.1 Å². The Labute approximate surface area is 161 Å². The zero-order chi connectivity index (χ0) is 19.8. The molecule has 146 valence electrons. The van der Waals surface area contributed by atoms with Gasteiger partial charge in [0.1, 0.15) is 23.7 Å². The number of amides is 2. The van der Waals surface area contributed by atoms with Gasteiger partial charge in [-0.3, -0.25) is 14.5 Å². The number of carbonyl (C=O) groups excluding carboxylic acids is 3. The number of likely N-dealkylation sites (tertiary alicyclic amines) is 1. The molecule has 2 amide bonds. The van der Waals surface area contributed by atoms with Crippen molar-refractivity contribution in [2.24, 2.45) is 11.8 Å². The zero-order valence-corrected chi connectivity index (χ0v) is 16.4. The molecule has 2 aliphatic rings. The molecule has 1 aromatic rings. The molecule has 4 atom stereocenters. The molecule has 0 aromatic heterocycles. The molecule has 8 heteroatoms. The van der Waals surface area contributed by atoms with Crippen LogP contribution in [-0.4, -0.2) is 53.9 Å². The number of imide groups is 1. The van der Waals surface area contributed by atoms with Crippen molar-refractivity contribution in [3.63, 3.8) is 0 Å². The number of fused-ring (bicyclic) bond motifs is 1. The van der Waals surface area contributed by atoms with Crippen molar-refractivity contribution < 1.29 is 28.8 Å². The van der Waals surface area contributed by atoms with Gasteiger partial charge in [0.05, 0.1) is 6.61 Å². The van der Waals surface area contributed by atoms with Crippen LogP contribution < -0.4 is 5.32 Å². The van der Waals surface area contributed by atoms with Gasteiger partial charge in [-0.2, -0.15) is 11.8 Å². The third-order valence-electron chi connectivity index (χ3n) is 5.62. The van der Waals surface area contributed by atoms with Crippen LogP contribution in [0.3, 0.4) is 0 Å². The summed E-state index contributed by atoms with van der Waals surface area (Å²) in [7, 11) is 1.45. The van der Waals surface area contributed by atoms with Crippen molar-refractivity contribution in [3.8, 4) is 0 Å². The average Bonchev–Trinajstić information content (AvgIpc) is 3.11. The van der Waals surface area contributed by atoms with Crippen LogP contribution in [0.4, 0.5) is 4.39 Å². The molecule has 2 saturated heterocycles. The number of esters is 1. The second-order valence-electron chi connectivity index (χ2n) is 6.99. The van der Waals surface area contributed by atoms with E-state index in [1.54, 1.807) is 30.8 Å². The number of nitrogens with zero attached hydrogens (tertiary/aromatic N) is 1. The SMILES string of the molecule is CCOC(=O)[C@]1(CCSC)[NH2+][C@@H](c2ccc(F)cc2)[C@H]2C(=O)N(C)C(=O)[C@H]21. The number of halogens is 1. The van der Waals surface area contributed by atoms with E-state index in [0.29, 0.717) is 12.2 Å². The molecule has 3 rings (SSSR count). The normalized spacial score (nSPS) is 29.9. The molecule has 0 spiro atoms. The number of nitrogens with two attached hydrogens (primary N) is 1. The molecule has 0 unspecified atom stereocenters. The summed E-state index contributed by atoms with van der Waals surface area (Å²) in [5.74, 6) is -2.28. The molecule has 0 bridgehead atoms. The van der Waals surface area contributed by atoms with Crippen LogP contribution in [0, 0.1) is 17.7 Å². The Hall–Kier alpha value is -1.93. The lowest BCUT2D eigenvalue weighted by atomic mass is 9.78. The van der Waals surface area contributed by atoms with Crippen molar-refractivity contribution in [1.82, 2.24) is 4.90 Å². The highest BCUT2D eigenvalue weighted by molar-refractivity contribution is 7.98. The van der Waals surface area contributed by atoms with Crippen LogP contribution in [0.1, 0.15) is 24.9 Å². The molecule has 0 aliphatic carbocycles. The number of hydrogen-bond acceptors (Lipinski definition) is 5. The quantitative estimate of drug-likeness (QED) is 0.567. The topological polar surface area (TPSA) is 80.3 Å². The van der Waals surface area contributed by atoms with E-state index >= 15 is 0 Å². The van der Waals surface area contributed by atoms with Gasteiger partial charge in [0.15, 0.2) is 0 Å². The highest BCUT2D eigenvalue weighted by Gasteiger charge is 2.71. The standard InChI is InChI=1S/C19H23FN2O4S/c1-4-26-18(25)19(9-10-27-3)14-13(16(23)22(2)17(14)24)15(21-19)11-5-7-12(20)8-6-11/h5-8,13-15,21H,4,9-10H2,1-3H3/p+1/t13-,14-,15-,19+/m0/s1. The molecule has 2 aliphatic heterocycles. The molecule has 0 saturated carbocycles. The van der Waals surface area contributed by atoms with Crippen LogP contribution in [0.2, 0.25) is 0 Å². The Morgan fingerprint density at radius 1 is 1.30 bits per heavy atom. The second kappa shape index (κ2) is 7.59. The van der Waals surface area contributed by atoms with Gasteiger partial charge in [-0.25, -0.2) is 9.18 Å². The van der Waals surface area contributed by atoms with E-state index in [0.717, 1.165) is 10.5 Å². The first-order chi connectivity index (χ1) is 12.9. The Bertz CT molecular complexity index is 757. The minimum Gasteiger partial charge on any atom is -0.461 e. The summed E-state index contributed by atoms with van der Waals surface area (Å²) in [6, 6.07) is 5.44. The van der Waals surface area contributed by atoms with Crippen LogP contribution in [0.25, 0.3) is 0 Å². The van der Waals surface area contributed by atoms with Crippen molar-refractivity contribution in [1.29, 1.82) is 0 Å². The predicted octanol–water partition coefficient (Wildman–Crippen LogP) is 0.730. The lowest BCUT2D eigenvalue weighted by Crippen LogP contribution is -2.98. The highest BCUT2D eigenvalue weighted by atomic mass is 32.2.